The average molecular weight is 222 g/mol. The van der Waals surface area contributed by atoms with E-state index in [1.807, 2.05) is 24.6 Å². The van der Waals surface area contributed by atoms with Gasteiger partial charge in [0.25, 0.3) is 0 Å². The second kappa shape index (κ2) is 4.09. The summed E-state index contributed by atoms with van der Waals surface area (Å²) < 4.78 is 15.3. The van der Waals surface area contributed by atoms with Gasteiger partial charge in [0.1, 0.15) is 5.52 Å². The highest BCUT2D eigenvalue weighted by Gasteiger charge is 2.10. The van der Waals surface area contributed by atoms with Crippen LogP contribution in [-0.2, 0) is 7.05 Å². The number of fused-ring (bicyclic) bond motifs is 1. The van der Waals surface area contributed by atoms with E-state index in [0.29, 0.717) is 18.0 Å². The minimum absolute atomic E-state index is 0.0321. The molecule has 0 aliphatic rings. The molecule has 0 aliphatic carbocycles. The standard InChI is InChI=1S/C11H15FN4/c1-7(13)6-14-11-15-10-8(12)4-3-5-9(10)16(11)2/h3-5,7H,6,13H2,1-2H3,(H,14,15). The van der Waals surface area contributed by atoms with Crippen molar-refractivity contribution in [2.24, 2.45) is 12.8 Å². The highest BCUT2D eigenvalue weighted by atomic mass is 19.1. The second-order valence-electron chi connectivity index (χ2n) is 3.96. The number of rotatable bonds is 3. The van der Waals surface area contributed by atoms with E-state index in [0.717, 1.165) is 5.52 Å². The Labute approximate surface area is 93.3 Å². The summed E-state index contributed by atoms with van der Waals surface area (Å²) in [6.07, 6.45) is 0. The van der Waals surface area contributed by atoms with Gasteiger partial charge >= 0.3 is 0 Å². The largest absolute Gasteiger partial charge is 0.354 e. The fourth-order valence-electron chi connectivity index (χ4n) is 1.59. The van der Waals surface area contributed by atoms with Crippen LogP contribution < -0.4 is 11.1 Å². The Kier molecular flexibility index (Phi) is 2.78. The summed E-state index contributed by atoms with van der Waals surface area (Å²) in [5, 5.41) is 3.09. The molecule has 1 atom stereocenters. The summed E-state index contributed by atoms with van der Waals surface area (Å²) in [6.45, 7) is 2.51. The molecule has 0 saturated carbocycles. The number of benzene rings is 1. The number of anilines is 1. The first-order valence-corrected chi connectivity index (χ1v) is 5.20. The van der Waals surface area contributed by atoms with E-state index in [9.17, 15) is 4.39 Å². The maximum Gasteiger partial charge on any atom is 0.203 e. The molecule has 1 unspecified atom stereocenters. The molecule has 1 aromatic carbocycles. The van der Waals surface area contributed by atoms with E-state index in [1.165, 1.54) is 6.07 Å². The van der Waals surface area contributed by atoms with Gasteiger partial charge in [-0.1, -0.05) is 6.07 Å². The van der Waals surface area contributed by atoms with Crippen LogP contribution in [0.15, 0.2) is 18.2 Å². The molecule has 1 heterocycles. The first-order valence-electron chi connectivity index (χ1n) is 5.20. The molecular formula is C11H15FN4. The summed E-state index contributed by atoms with van der Waals surface area (Å²) in [6, 6.07) is 4.95. The van der Waals surface area contributed by atoms with Crippen molar-refractivity contribution in [3.05, 3.63) is 24.0 Å². The van der Waals surface area contributed by atoms with Crippen molar-refractivity contribution in [3.63, 3.8) is 0 Å². The molecule has 1 aromatic heterocycles. The minimum atomic E-state index is -0.304. The molecule has 86 valence electrons. The number of hydrogen-bond donors (Lipinski definition) is 2. The van der Waals surface area contributed by atoms with Crippen molar-refractivity contribution in [3.8, 4) is 0 Å². The van der Waals surface area contributed by atoms with Crippen LogP contribution in [0.25, 0.3) is 11.0 Å². The molecule has 2 aromatic rings. The van der Waals surface area contributed by atoms with Gasteiger partial charge in [-0.2, -0.15) is 0 Å². The summed E-state index contributed by atoms with van der Waals surface area (Å²) in [7, 11) is 1.85. The maximum atomic E-state index is 13.5. The van der Waals surface area contributed by atoms with Gasteiger partial charge in [0.2, 0.25) is 5.95 Å². The molecule has 5 heteroatoms. The van der Waals surface area contributed by atoms with E-state index in [4.69, 9.17) is 5.73 Å². The lowest BCUT2D eigenvalue weighted by Gasteiger charge is -2.08. The number of nitrogens with two attached hydrogens (primary N) is 1. The smallest absolute Gasteiger partial charge is 0.203 e. The zero-order valence-electron chi connectivity index (χ0n) is 9.37. The third-order valence-corrected chi connectivity index (χ3v) is 2.44. The number of para-hydroxylation sites is 1. The lowest BCUT2D eigenvalue weighted by atomic mass is 10.3. The summed E-state index contributed by atoms with van der Waals surface area (Å²) in [4.78, 5) is 4.21. The molecule has 0 fully saturated rings. The van der Waals surface area contributed by atoms with E-state index < -0.39 is 0 Å². The molecule has 4 nitrogen and oxygen atoms in total. The Bertz CT molecular complexity index is 504. The summed E-state index contributed by atoms with van der Waals surface area (Å²) >= 11 is 0. The molecule has 0 aliphatic heterocycles. The average Bonchev–Trinajstić information content (AvgIpc) is 2.55. The Hall–Kier alpha value is -1.62. The van der Waals surface area contributed by atoms with Gasteiger partial charge < -0.3 is 15.6 Å². The number of aromatic nitrogens is 2. The van der Waals surface area contributed by atoms with Crippen molar-refractivity contribution in [2.75, 3.05) is 11.9 Å². The van der Waals surface area contributed by atoms with Gasteiger partial charge in [0.05, 0.1) is 5.52 Å². The van der Waals surface area contributed by atoms with Crippen LogP contribution in [-0.4, -0.2) is 22.1 Å². The second-order valence-corrected chi connectivity index (χ2v) is 3.96. The highest BCUT2D eigenvalue weighted by molar-refractivity contribution is 5.79. The number of nitrogens with one attached hydrogen (secondary N) is 1. The van der Waals surface area contributed by atoms with E-state index in [1.54, 1.807) is 6.07 Å². The summed E-state index contributed by atoms with van der Waals surface area (Å²) in [5.74, 6) is 0.333. The highest BCUT2D eigenvalue weighted by Crippen LogP contribution is 2.20. The zero-order valence-corrected chi connectivity index (χ0v) is 9.37. The number of nitrogens with zero attached hydrogens (tertiary/aromatic N) is 2. The molecule has 0 saturated heterocycles. The van der Waals surface area contributed by atoms with Gasteiger partial charge in [-0.15, -0.1) is 0 Å². The SMILES string of the molecule is CC(N)CNc1nc2c(F)cccc2n1C. The van der Waals surface area contributed by atoms with Gasteiger partial charge in [0, 0.05) is 19.6 Å². The van der Waals surface area contributed by atoms with Crippen molar-refractivity contribution < 1.29 is 4.39 Å². The van der Waals surface area contributed by atoms with Crippen LogP contribution in [0.2, 0.25) is 0 Å². The zero-order chi connectivity index (χ0) is 11.7. The number of halogens is 1. The number of hydrogen-bond acceptors (Lipinski definition) is 3. The lowest BCUT2D eigenvalue weighted by molar-refractivity contribution is 0.637. The normalized spacial score (nSPS) is 13.0. The quantitative estimate of drug-likeness (QED) is 0.826. The van der Waals surface area contributed by atoms with Gasteiger partial charge in [-0.3, -0.25) is 0 Å². The van der Waals surface area contributed by atoms with Crippen LogP contribution in [0.5, 0.6) is 0 Å². The summed E-state index contributed by atoms with van der Waals surface area (Å²) in [5.41, 5.74) is 6.80. The van der Waals surface area contributed by atoms with Crippen LogP contribution in [0, 0.1) is 5.82 Å². The van der Waals surface area contributed by atoms with Crippen LogP contribution >= 0.6 is 0 Å². The third-order valence-electron chi connectivity index (χ3n) is 2.44. The molecule has 0 bridgehead atoms. The van der Waals surface area contributed by atoms with E-state index in [2.05, 4.69) is 10.3 Å². The third kappa shape index (κ3) is 1.86. The van der Waals surface area contributed by atoms with Gasteiger partial charge in [-0.25, -0.2) is 9.37 Å². The number of imidazole rings is 1. The Balaban J connectivity index is 2.40. The molecular weight excluding hydrogens is 207 g/mol. The predicted octanol–water partition coefficient (Wildman–Crippen LogP) is 1.47. The topological polar surface area (TPSA) is 55.9 Å². The predicted molar refractivity (Wildman–Crippen MR) is 62.8 cm³/mol. The minimum Gasteiger partial charge on any atom is -0.354 e. The Morgan fingerprint density at radius 3 is 2.94 bits per heavy atom. The lowest BCUT2D eigenvalue weighted by Crippen LogP contribution is -2.26. The monoisotopic (exact) mass is 222 g/mol. The van der Waals surface area contributed by atoms with Crippen LogP contribution in [0.1, 0.15) is 6.92 Å². The Morgan fingerprint density at radius 1 is 1.56 bits per heavy atom. The van der Waals surface area contributed by atoms with Crippen molar-refractivity contribution in [2.45, 2.75) is 13.0 Å². The van der Waals surface area contributed by atoms with Crippen LogP contribution in [0.3, 0.4) is 0 Å². The number of aryl methyl sites for hydroxylation is 1. The first-order chi connectivity index (χ1) is 7.59. The molecule has 2 rings (SSSR count). The molecule has 0 spiro atoms. The van der Waals surface area contributed by atoms with E-state index in [-0.39, 0.29) is 11.9 Å². The fraction of sp³-hybridized carbons (Fsp3) is 0.364. The molecule has 0 amide bonds. The van der Waals surface area contributed by atoms with Crippen LogP contribution in [0.4, 0.5) is 10.3 Å². The first kappa shape index (κ1) is 10.9. The molecule has 3 N–H and O–H groups in total. The van der Waals surface area contributed by atoms with Gasteiger partial charge in [0.15, 0.2) is 5.82 Å². The fourth-order valence-corrected chi connectivity index (χ4v) is 1.59. The van der Waals surface area contributed by atoms with Crippen molar-refractivity contribution in [1.29, 1.82) is 0 Å². The van der Waals surface area contributed by atoms with Crippen molar-refractivity contribution >= 4 is 17.0 Å². The van der Waals surface area contributed by atoms with Gasteiger partial charge in [-0.05, 0) is 19.1 Å². The molecule has 16 heavy (non-hydrogen) atoms. The van der Waals surface area contributed by atoms with E-state index >= 15 is 0 Å². The van der Waals surface area contributed by atoms with Crippen molar-refractivity contribution in [1.82, 2.24) is 9.55 Å². The Morgan fingerprint density at radius 2 is 2.31 bits per heavy atom. The maximum absolute atomic E-state index is 13.5. The molecule has 0 radical (unpaired) electrons.